The molecule has 1 amide bonds. The molecule has 5 nitrogen and oxygen atoms in total. The van der Waals surface area contributed by atoms with Gasteiger partial charge in [-0.2, -0.15) is 0 Å². The fraction of sp³-hybridized carbons (Fsp3) is 0.500. The van der Waals surface area contributed by atoms with E-state index in [1.807, 2.05) is 12.1 Å². The summed E-state index contributed by atoms with van der Waals surface area (Å²) < 4.78 is 5.43. The Morgan fingerprint density at radius 2 is 2.13 bits per heavy atom. The van der Waals surface area contributed by atoms with Gasteiger partial charge in [0.2, 0.25) is 0 Å². The lowest BCUT2D eigenvalue weighted by molar-refractivity contribution is -0.186. The van der Waals surface area contributed by atoms with E-state index in [2.05, 4.69) is 43.4 Å². The Morgan fingerprint density at radius 1 is 1.30 bits per heavy atom. The normalized spacial score (nSPS) is 19.0. The lowest BCUT2D eigenvalue weighted by atomic mass is 9.87. The number of hydroxylamine groups is 1. The molecule has 124 valence electrons. The molecule has 1 aliphatic heterocycles. The van der Waals surface area contributed by atoms with Gasteiger partial charge in [0.05, 0.1) is 0 Å². The molecular formula is C18H24N2O3. The molecule has 0 saturated carbocycles. The molecule has 1 atom stereocenters. The molecule has 0 radical (unpaired) electrons. The van der Waals surface area contributed by atoms with Gasteiger partial charge in [0.15, 0.2) is 6.29 Å². The maximum atomic E-state index is 12.2. The average Bonchev–Trinajstić information content (AvgIpc) is 2.96. The second kappa shape index (κ2) is 6.34. The van der Waals surface area contributed by atoms with Crippen molar-refractivity contribution in [3.8, 4) is 0 Å². The van der Waals surface area contributed by atoms with Crippen molar-refractivity contribution in [2.75, 3.05) is 6.61 Å². The number of ether oxygens (including phenoxy) is 1. The summed E-state index contributed by atoms with van der Waals surface area (Å²) in [6.45, 7) is 7.19. The minimum atomic E-state index is -0.343. The summed E-state index contributed by atoms with van der Waals surface area (Å²) in [5.41, 5.74) is 5.22. The molecule has 5 heteroatoms. The van der Waals surface area contributed by atoms with Crippen LogP contribution in [0.3, 0.4) is 0 Å². The van der Waals surface area contributed by atoms with E-state index in [0.29, 0.717) is 12.3 Å². The van der Waals surface area contributed by atoms with Crippen molar-refractivity contribution in [1.29, 1.82) is 0 Å². The first kappa shape index (κ1) is 16.0. The van der Waals surface area contributed by atoms with Crippen LogP contribution < -0.4 is 5.48 Å². The number of aromatic nitrogens is 1. The quantitative estimate of drug-likeness (QED) is 0.850. The minimum absolute atomic E-state index is 0.0726. The third-order valence-electron chi connectivity index (χ3n) is 4.15. The Bertz CT molecular complexity index is 694. The van der Waals surface area contributed by atoms with Crippen molar-refractivity contribution in [2.45, 2.75) is 51.7 Å². The monoisotopic (exact) mass is 316 g/mol. The van der Waals surface area contributed by atoms with Crippen molar-refractivity contribution in [1.82, 2.24) is 10.5 Å². The van der Waals surface area contributed by atoms with Gasteiger partial charge in [-0.25, -0.2) is 10.3 Å². The molecule has 2 aromatic rings. The Morgan fingerprint density at radius 3 is 2.83 bits per heavy atom. The molecule has 2 heterocycles. The smallest absolute Gasteiger partial charge is 0.291 e. The zero-order valence-corrected chi connectivity index (χ0v) is 13.9. The zero-order valence-electron chi connectivity index (χ0n) is 13.9. The van der Waals surface area contributed by atoms with E-state index < -0.39 is 0 Å². The molecule has 1 aromatic carbocycles. The molecule has 2 N–H and O–H groups in total. The molecule has 0 spiro atoms. The van der Waals surface area contributed by atoms with Crippen molar-refractivity contribution in [2.24, 2.45) is 0 Å². The summed E-state index contributed by atoms with van der Waals surface area (Å²) >= 11 is 0. The average molecular weight is 316 g/mol. The highest BCUT2D eigenvalue weighted by molar-refractivity contribution is 5.97. The molecule has 0 bridgehead atoms. The first-order valence-corrected chi connectivity index (χ1v) is 8.14. The third kappa shape index (κ3) is 3.74. The maximum Gasteiger partial charge on any atom is 0.291 e. The van der Waals surface area contributed by atoms with Gasteiger partial charge in [-0.15, -0.1) is 0 Å². The number of nitrogens with one attached hydrogen (secondary N) is 2. The number of benzene rings is 1. The first-order chi connectivity index (χ1) is 10.9. The second-order valence-corrected chi connectivity index (χ2v) is 7.08. The van der Waals surface area contributed by atoms with Crippen LogP contribution in [0.1, 0.15) is 56.1 Å². The molecule has 0 unspecified atom stereocenters. The van der Waals surface area contributed by atoms with Gasteiger partial charge in [0.1, 0.15) is 5.69 Å². The lowest BCUT2D eigenvalue weighted by Crippen LogP contribution is -2.33. The van der Waals surface area contributed by atoms with Crippen LogP contribution in [0, 0.1) is 0 Å². The summed E-state index contributed by atoms with van der Waals surface area (Å²) in [5.74, 6) is -0.285. The summed E-state index contributed by atoms with van der Waals surface area (Å²) in [7, 11) is 0. The van der Waals surface area contributed by atoms with E-state index in [1.165, 1.54) is 5.56 Å². The SMILES string of the molecule is CC(C)(C)c1ccc2cc(C(=O)NO[C@@H]3CCCCO3)[nH]c2c1. The van der Waals surface area contributed by atoms with Gasteiger partial charge in [-0.3, -0.25) is 4.79 Å². The number of carbonyl (C=O) groups excluding carboxylic acids is 1. The standard InChI is InChI=1S/C18H24N2O3/c1-18(2,3)13-8-7-12-10-15(19-14(12)11-13)17(21)20-23-16-6-4-5-9-22-16/h7-8,10-11,16,19H,4-6,9H2,1-3H3,(H,20,21)/t16-/m1/s1. The topological polar surface area (TPSA) is 63.4 Å². The Hall–Kier alpha value is -1.85. The van der Waals surface area contributed by atoms with Crippen LogP contribution in [0.4, 0.5) is 0 Å². The number of fused-ring (bicyclic) bond motifs is 1. The van der Waals surface area contributed by atoms with Crippen LogP contribution in [0.15, 0.2) is 24.3 Å². The fourth-order valence-electron chi connectivity index (χ4n) is 2.69. The van der Waals surface area contributed by atoms with E-state index in [1.54, 1.807) is 0 Å². The van der Waals surface area contributed by atoms with Crippen molar-refractivity contribution < 1.29 is 14.4 Å². The summed E-state index contributed by atoms with van der Waals surface area (Å²) in [6, 6.07) is 8.07. The molecule has 1 saturated heterocycles. The van der Waals surface area contributed by atoms with Crippen LogP contribution in [0.5, 0.6) is 0 Å². The van der Waals surface area contributed by atoms with E-state index in [4.69, 9.17) is 9.57 Å². The number of aromatic amines is 1. The number of rotatable bonds is 3. The second-order valence-electron chi connectivity index (χ2n) is 7.08. The third-order valence-corrected chi connectivity index (χ3v) is 4.15. The number of hydrogen-bond acceptors (Lipinski definition) is 3. The lowest BCUT2D eigenvalue weighted by Gasteiger charge is -2.21. The van der Waals surface area contributed by atoms with Gasteiger partial charge in [0.25, 0.3) is 5.91 Å². The molecule has 1 fully saturated rings. The predicted octanol–water partition coefficient (Wildman–Crippen LogP) is 3.65. The van der Waals surface area contributed by atoms with Gasteiger partial charge in [0, 0.05) is 23.9 Å². The van der Waals surface area contributed by atoms with E-state index >= 15 is 0 Å². The van der Waals surface area contributed by atoms with E-state index in [-0.39, 0.29) is 17.6 Å². The highest BCUT2D eigenvalue weighted by atomic mass is 16.8. The van der Waals surface area contributed by atoms with Gasteiger partial charge in [-0.1, -0.05) is 32.9 Å². The molecule has 3 rings (SSSR count). The van der Waals surface area contributed by atoms with Gasteiger partial charge < -0.3 is 9.72 Å². The molecule has 23 heavy (non-hydrogen) atoms. The van der Waals surface area contributed by atoms with Crippen LogP contribution >= 0.6 is 0 Å². The summed E-state index contributed by atoms with van der Waals surface area (Å²) in [6.07, 6.45) is 2.57. The van der Waals surface area contributed by atoms with Crippen molar-refractivity contribution in [3.63, 3.8) is 0 Å². The van der Waals surface area contributed by atoms with E-state index in [9.17, 15) is 4.79 Å². The summed E-state index contributed by atoms with van der Waals surface area (Å²) in [4.78, 5) is 20.7. The van der Waals surface area contributed by atoms with Crippen molar-refractivity contribution in [3.05, 3.63) is 35.5 Å². The Balaban J connectivity index is 1.70. The zero-order chi connectivity index (χ0) is 16.4. The highest BCUT2D eigenvalue weighted by Gasteiger charge is 2.18. The minimum Gasteiger partial charge on any atom is -0.350 e. The predicted molar refractivity (Wildman–Crippen MR) is 89.1 cm³/mol. The number of H-pyrrole nitrogens is 1. The summed E-state index contributed by atoms with van der Waals surface area (Å²) in [5, 5.41) is 1.01. The van der Waals surface area contributed by atoms with Crippen LogP contribution in [0.2, 0.25) is 0 Å². The van der Waals surface area contributed by atoms with Crippen LogP contribution in [-0.2, 0) is 15.0 Å². The molecule has 1 aromatic heterocycles. The first-order valence-electron chi connectivity index (χ1n) is 8.14. The number of hydrogen-bond donors (Lipinski definition) is 2. The van der Waals surface area contributed by atoms with Gasteiger partial charge >= 0.3 is 0 Å². The molecular weight excluding hydrogens is 292 g/mol. The molecule has 1 aliphatic rings. The Kier molecular flexibility index (Phi) is 4.41. The van der Waals surface area contributed by atoms with Crippen LogP contribution in [0.25, 0.3) is 10.9 Å². The maximum absolute atomic E-state index is 12.2. The van der Waals surface area contributed by atoms with Crippen molar-refractivity contribution >= 4 is 16.8 Å². The fourth-order valence-corrected chi connectivity index (χ4v) is 2.69. The van der Waals surface area contributed by atoms with Crippen LogP contribution in [-0.4, -0.2) is 23.8 Å². The largest absolute Gasteiger partial charge is 0.350 e. The Labute approximate surface area is 136 Å². The number of amides is 1. The highest BCUT2D eigenvalue weighted by Crippen LogP contribution is 2.26. The molecule has 0 aliphatic carbocycles. The number of carbonyl (C=O) groups is 1. The van der Waals surface area contributed by atoms with Gasteiger partial charge in [-0.05, 0) is 36.0 Å². The van der Waals surface area contributed by atoms with E-state index in [0.717, 1.165) is 30.2 Å².